The number of hydrogen-bond donors (Lipinski definition) is 1. The third-order valence-corrected chi connectivity index (χ3v) is 4.04. The Bertz CT molecular complexity index is 476. The fraction of sp³-hybridized carbons (Fsp3) is 0.588. The van der Waals surface area contributed by atoms with Gasteiger partial charge in [-0.3, -0.25) is 4.79 Å². The van der Waals surface area contributed by atoms with E-state index in [0.29, 0.717) is 19.7 Å². The third-order valence-electron chi connectivity index (χ3n) is 4.04. The van der Waals surface area contributed by atoms with E-state index in [9.17, 15) is 4.79 Å². The van der Waals surface area contributed by atoms with Gasteiger partial charge < -0.3 is 15.0 Å². The Kier molecular flexibility index (Phi) is 5.01. The number of morpholine rings is 1. The maximum Gasteiger partial charge on any atom is 0.252 e. The SMILES string of the molecule is Cc1ccc(C(C)(C)CN(C)C(=O)C2CNCCO2)cc1. The molecule has 1 fully saturated rings. The highest BCUT2D eigenvalue weighted by atomic mass is 16.5. The predicted octanol–water partition coefficient (Wildman–Crippen LogP) is 1.72. The molecule has 0 aromatic heterocycles. The lowest BCUT2D eigenvalue weighted by molar-refractivity contribution is -0.144. The molecule has 0 radical (unpaired) electrons. The minimum Gasteiger partial charge on any atom is -0.366 e. The van der Waals surface area contributed by atoms with Crippen molar-refractivity contribution in [1.82, 2.24) is 10.2 Å². The van der Waals surface area contributed by atoms with Crippen LogP contribution in [0.1, 0.15) is 25.0 Å². The van der Waals surface area contributed by atoms with Gasteiger partial charge in [0.15, 0.2) is 0 Å². The molecule has 1 amide bonds. The van der Waals surface area contributed by atoms with Crippen molar-refractivity contribution in [2.45, 2.75) is 32.3 Å². The molecule has 0 aliphatic carbocycles. The Balaban J connectivity index is 2.01. The molecular formula is C17H26N2O2. The lowest BCUT2D eigenvalue weighted by atomic mass is 9.83. The number of benzene rings is 1. The molecule has 1 heterocycles. The van der Waals surface area contributed by atoms with E-state index in [-0.39, 0.29) is 17.4 Å². The first-order valence-corrected chi connectivity index (χ1v) is 7.54. The Hall–Kier alpha value is -1.39. The summed E-state index contributed by atoms with van der Waals surface area (Å²) in [7, 11) is 1.86. The van der Waals surface area contributed by atoms with Gasteiger partial charge in [-0.2, -0.15) is 0 Å². The molecule has 116 valence electrons. The van der Waals surface area contributed by atoms with Crippen LogP contribution in [-0.2, 0) is 14.9 Å². The van der Waals surface area contributed by atoms with Crippen molar-refractivity contribution >= 4 is 5.91 Å². The number of rotatable bonds is 4. The van der Waals surface area contributed by atoms with Crippen LogP contribution in [0, 0.1) is 6.92 Å². The van der Waals surface area contributed by atoms with Gasteiger partial charge in [0.25, 0.3) is 5.91 Å². The topological polar surface area (TPSA) is 41.6 Å². The van der Waals surface area contributed by atoms with Crippen molar-refractivity contribution in [2.24, 2.45) is 0 Å². The van der Waals surface area contributed by atoms with Gasteiger partial charge in [-0.15, -0.1) is 0 Å². The molecule has 21 heavy (non-hydrogen) atoms. The van der Waals surface area contributed by atoms with Gasteiger partial charge in [0.05, 0.1) is 6.61 Å². The summed E-state index contributed by atoms with van der Waals surface area (Å²) in [4.78, 5) is 14.2. The van der Waals surface area contributed by atoms with Crippen molar-refractivity contribution in [3.05, 3.63) is 35.4 Å². The first-order chi connectivity index (χ1) is 9.90. The summed E-state index contributed by atoms with van der Waals surface area (Å²) in [5.41, 5.74) is 2.41. The van der Waals surface area contributed by atoms with E-state index in [2.05, 4.69) is 50.4 Å². The summed E-state index contributed by atoms with van der Waals surface area (Å²) in [6.07, 6.45) is -0.349. The van der Waals surface area contributed by atoms with Crippen LogP contribution >= 0.6 is 0 Å². The average molecular weight is 290 g/mol. The number of hydrogen-bond acceptors (Lipinski definition) is 3. The fourth-order valence-corrected chi connectivity index (χ4v) is 2.74. The number of amides is 1. The molecule has 1 atom stereocenters. The van der Waals surface area contributed by atoms with Gasteiger partial charge in [-0.05, 0) is 12.5 Å². The van der Waals surface area contributed by atoms with E-state index in [1.807, 2.05) is 7.05 Å². The molecule has 1 unspecified atom stereocenters. The summed E-state index contributed by atoms with van der Waals surface area (Å²) >= 11 is 0. The third kappa shape index (κ3) is 4.05. The summed E-state index contributed by atoms with van der Waals surface area (Å²) in [6.45, 7) is 9.12. The minimum atomic E-state index is -0.349. The quantitative estimate of drug-likeness (QED) is 0.918. The number of carbonyl (C=O) groups excluding carboxylic acids is 1. The molecule has 1 aromatic rings. The number of carbonyl (C=O) groups is 1. The Morgan fingerprint density at radius 3 is 2.62 bits per heavy atom. The van der Waals surface area contributed by atoms with Crippen LogP contribution in [0.25, 0.3) is 0 Å². The Morgan fingerprint density at radius 1 is 1.38 bits per heavy atom. The van der Waals surface area contributed by atoms with Gasteiger partial charge in [-0.1, -0.05) is 43.7 Å². The molecule has 1 saturated heterocycles. The smallest absolute Gasteiger partial charge is 0.252 e. The lowest BCUT2D eigenvalue weighted by Crippen LogP contribution is -2.50. The molecule has 4 heteroatoms. The second-order valence-corrected chi connectivity index (χ2v) is 6.51. The maximum atomic E-state index is 12.4. The lowest BCUT2D eigenvalue weighted by Gasteiger charge is -2.33. The van der Waals surface area contributed by atoms with Crippen LogP contribution in [0.15, 0.2) is 24.3 Å². The van der Waals surface area contributed by atoms with E-state index >= 15 is 0 Å². The summed E-state index contributed by atoms with van der Waals surface area (Å²) in [5, 5.41) is 3.20. The highest BCUT2D eigenvalue weighted by molar-refractivity contribution is 5.81. The van der Waals surface area contributed by atoms with Crippen LogP contribution in [0.4, 0.5) is 0 Å². The van der Waals surface area contributed by atoms with Crippen LogP contribution < -0.4 is 5.32 Å². The van der Waals surface area contributed by atoms with Crippen LogP contribution in [0.3, 0.4) is 0 Å². The van der Waals surface area contributed by atoms with Gasteiger partial charge in [0.1, 0.15) is 6.10 Å². The predicted molar refractivity (Wildman–Crippen MR) is 84.5 cm³/mol. The Labute approximate surface area is 127 Å². The van der Waals surface area contributed by atoms with Gasteiger partial charge in [-0.25, -0.2) is 0 Å². The number of likely N-dealkylation sites (N-methyl/N-ethyl adjacent to an activating group) is 1. The van der Waals surface area contributed by atoms with Crippen LogP contribution in [-0.4, -0.2) is 50.2 Å². The first kappa shape index (κ1) is 16.0. The molecule has 0 spiro atoms. The summed E-state index contributed by atoms with van der Waals surface area (Å²) < 4.78 is 5.54. The molecule has 1 N–H and O–H groups in total. The molecule has 0 bridgehead atoms. The molecule has 2 rings (SSSR count). The van der Waals surface area contributed by atoms with E-state index in [1.165, 1.54) is 11.1 Å². The van der Waals surface area contributed by atoms with Gasteiger partial charge >= 0.3 is 0 Å². The molecule has 1 aromatic carbocycles. The highest BCUT2D eigenvalue weighted by Crippen LogP contribution is 2.24. The van der Waals surface area contributed by atoms with E-state index < -0.39 is 0 Å². The normalized spacial score (nSPS) is 19.3. The van der Waals surface area contributed by atoms with E-state index in [4.69, 9.17) is 4.74 Å². The largest absolute Gasteiger partial charge is 0.366 e. The molecule has 0 saturated carbocycles. The molecule has 1 aliphatic rings. The van der Waals surface area contributed by atoms with Gasteiger partial charge in [0, 0.05) is 32.1 Å². The second-order valence-electron chi connectivity index (χ2n) is 6.51. The first-order valence-electron chi connectivity index (χ1n) is 7.54. The number of aryl methyl sites for hydroxylation is 1. The van der Waals surface area contributed by atoms with Crippen molar-refractivity contribution in [1.29, 1.82) is 0 Å². The second kappa shape index (κ2) is 6.58. The summed E-state index contributed by atoms with van der Waals surface area (Å²) in [6, 6.07) is 8.53. The zero-order valence-electron chi connectivity index (χ0n) is 13.5. The highest BCUT2D eigenvalue weighted by Gasteiger charge is 2.29. The fourth-order valence-electron chi connectivity index (χ4n) is 2.74. The minimum absolute atomic E-state index is 0.0578. The number of ether oxygens (including phenoxy) is 1. The number of nitrogens with zero attached hydrogens (tertiary/aromatic N) is 1. The monoisotopic (exact) mass is 290 g/mol. The Morgan fingerprint density at radius 2 is 2.05 bits per heavy atom. The summed E-state index contributed by atoms with van der Waals surface area (Å²) in [5.74, 6) is 0.0578. The zero-order chi connectivity index (χ0) is 15.5. The van der Waals surface area contributed by atoms with Crippen LogP contribution in [0.5, 0.6) is 0 Å². The van der Waals surface area contributed by atoms with Crippen molar-refractivity contribution < 1.29 is 9.53 Å². The van der Waals surface area contributed by atoms with E-state index in [0.717, 1.165) is 6.54 Å². The molecule has 1 aliphatic heterocycles. The van der Waals surface area contributed by atoms with Crippen molar-refractivity contribution in [3.63, 3.8) is 0 Å². The zero-order valence-corrected chi connectivity index (χ0v) is 13.5. The van der Waals surface area contributed by atoms with Crippen LogP contribution in [0.2, 0.25) is 0 Å². The molecule has 4 nitrogen and oxygen atoms in total. The average Bonchev–Trinajstić information content (AvgIpc) is 2.47. The van der Waals surface area contributed by atoms with Crippen molar-refractivity contribution in [3.8, 4) is 0 Å². The molecular weight excluding hydrogens is 264 g/mol. The number of nitrogens with one attached hydrogen (secondary N) is 1. The van der Waals surface area contributed by atoms with E-state index in [1.54, 1.807) is 4.90 Å². The maximum absolute atomic E-state index is 12.4. The van der Waals surface area contributed by atoms with Gasteiger partial charge in [0.2, 0.25) is 0 Å². The van der Waals surface area contributed by atoms with Crippen molar-refractivity contribution in [2.75, 3.05) is 33.3 Å². The standard InChI is InChI=1S/C17H26N2O2/c1-13-5-7-14(8-6-13)17(2,3)12-19(4)16(20)15-11-18-9-10-21-15/h5-8,15,18H,9-12H2,1-4H3.